The van der Waals surface area contributed by atoms with Crippen LogP contribution in [0.5, 0.6) is 11.5 Å². The van der Waals surface area contributed by atoms with Crippen LogP contribution in [0.2, 0.25) is 0 Å². The Morgan fingerprint density at radius 2 is 1.61 bits per heavy atom. The first-order valence-corrected chi connectivity index (χ1v) is 13.0. The Hall–Kier alpha value is -4.32. The molecule has 38 heavy (non-hydrogen) atoms. The van der Waals surface area contributed by atoms with Crippen LogP contribution in [-0.4, -0.2) is 25.0 Å². The van der Waals surface area contributed by atoms with Crippen molar-refractivity contribution in [1.82, 2.24) is 5.32 Å². The highest BCUT2D eigenvalue weighted by Gasteiger charge is 2.39. The lowest BCUT2D eigenvalue weighted by Gasteiger charge is -2.34. The fourth-order valence-electron chi connectivity index (χ4n) is 5.00. The van der Waals surface area contributed by atoms with Gasteiger partial charge in [0.25, 0.3) is 0 Å². The van der Waals surface area contributed by atoms with E-state index in [1.54, 1.807) is 0 Å². The Bertz CT molecular complexity index is 1360. The molecular weight excluding hydrogens is 478 g/mol. The summed E-state index contributed by atoms with van der Waals surface area (Å²) < 4.78 is 17.4. The third-order valence-electron chi connectivity index (χ3n) is 6.76. The average Bonchev–Trinajstić information content (AvgIpc) is 2.95. The minimum absolute atomic E-state index is 0.0598. The molecule has 3 aromatic carbocycles. The molecule has 1 aliphatic heterocycles. The second-order valence-electron chi connectivity index (χ2n) is 9.41. The largest absolute Gasteiger partial charge is 0.490 e. The van der Waals surface area contributed by atoms with E-state index in [2.05, 4.69) is 5.32 Å². The summed E-state index contributed by atoms with van der Waals surface area (Å²) in [5.74, 6) is 0.464. The Labute approximate surface area is 222 Å². The van der Waals surface area contributed by atoms with Crippen LogP contribution in [0, 0.1) is 0 Å². The van der Waals surface area contributed by atoms with E-state index in [9.17, 15) is 9.59 Å². The summed E-state index contributed by atoms with van der Waals surface area (Å²) in [4.78, 5) is 26.6. The van der Waals surface area contributed by atoms with Crippen LogP contribution in [0.1, 0.15) is 43.2 Å². The van der Waals surface area contributed by atoms with E-state index >= 15 is 0 Å². The summed E-state index contributed by atoms with van der Waals surface area (Å²) in [5.41, 5.74) is 4.57. The van der Waals surface area contributed by atoms with Gasteiger partial charge >= 0.3 is 5.97 Å². The summed E-state index contributed by atoms with van der Waals surface area (Å²) in [6.07, 6.45) is 2.03. The van der Waals surface area contributed by atoms with Gasteiger partial charge in [-0.3, -0.25) is 4.79 Å². The van der Waals surface area contributed by atoms with E-state index in [0.717, 1.165) is 29.7 Å². The molecule has 5 rings (SSSR count). The molecule has 0 fully saturated rings. The first kappa shape index (κ1) is 25.3. The first-order valence-electron chi connectivity index (χ1n) is 13.0. The van der Waals surface area contributed by atoms with Crippen LogP contribution < -0.4 is 14.8 Å². The highest BCUT2D eigenvalue weighted by Crippen LogP contribution is 2.43. The molecule has 0 radical (unpaired) electrons. The molecule has 0 bridgehead atoms. The molecule has 6 heteroatoms. The topological polar surface area (TPSA) is 73.9 Å². The summed E-state index contributed by atoms with van der Waals surface area (Å²) >= 11 is 0. The van der Waals surface area contributed by atoms with Crippen molar-refractivity contribution in [2.45, 2.75) is 38.7 Å². The minimum Gasteiger partial charge on any atom is -0.490 e. The van der Waals surface area contributed by atoms with Crippen molar-refractivity contribution in [3.8, 4) is 11.5 Å². The highest BCUT2D eigenvalue weighted by atomic mass is 16.6. The van der Waals surface area contributed by atoms with Gasteiger partial charge in [-0.1, -0.05) is 60.7 Å². The van der Waals surface area contributed by atoms with Gasteiger partial charge in [-0.2, -0.15) is 0 Å². The molecule has 0 unspecified atom stereocenters. The first-order chi connectivity index (χ1) is 18.6. The Morgan fingerprint density at radius 3 is 2.39 bits per heavy atom. The lowest BCUT2D eigenvalue weighted by molar-refractivity contribution is -0.140. The van der Waals surface area contributed by atoms with Crippen molar-refractivity contribution in [3.63, 3.8) is 0 Å². The van der Waals surface area contributed by atoms with Crippen molar-refractivity contribution in [2.75, 3.05) is 13.2 Å². The predicted octanol–water partition coefficient (Wildman–Crippen LogP) is 5.86. The summed E-state index contributed by atoms with van der Waals surface area (Å²) in [6, 6.07) is 27.0. The van der Waals surface area contributed by atoms with E-state index in [1.165, 1.54) is 0 Å². The number of carbonyl (C=O) groups excluding carboxylic acids is 2. The van der Waals surface area contributed by atoms with Gasteiger partial charge in [-0.05, 0) is 55.2 Å². The van der Waals surface area contributed by atoms with Crippen LogP contribution in [0.15, 0.2) is 107 Å². The van der Waals surface area contributed by atoms with Crippen LogP contribution in [0.25, 0.3) is 0 Å². The predicted molar refractivity (Wildman–Crippen MR) is 145 cm³/mol. The highest BCUT2D eigenvalue weighted by molar-refractivity contribution is 6.03. The minimum atomic E-state index is -0.526. The van der Waals surface area contributed by atoms with E-state index in [1.807, 2.05) is 91.9 Å². The van der Waals surface area contributed by atoms with Gasteiger partial charge in [0.05, 0.1) is 5.57 Å². The summed E-state index contributed by atoms with van der Waals surface area (Å²) in [6.45, 7) is 2.62. The molecule has 0 spiro atoms. The second-order valence-corrected chi connectivity index (χ2v) is 9.41. The van der Waals surface area contributed by atoms with Gasteiger partial charge in [0.15, 0.2) is 5.78 Å². The molecule has 0 amide bonds. The standard InChI is InChI=1S/C32H31NO5/c1-22-29(32(35)37-19-18-36-25-13-6-3-7-14-25)30(31-27(33-22)16-9-17-28(31)34)24-12-8-15-26(20-24)38-21-23-10-4-2-5-11-23/h2-8,10-15,20,30,33H,9,16-19,21H2,1H3/t30-/m0/s1. The fourth-order valence-corrected chi connectivity index (χ4v) is 5.00. The third kappa shape index (κ3) is 5.80. The van der Waals surface area contributed by atoms with Crippen molar-refractivity contribution < 1.29 is 23.8 Å². The van der Waals surface area contributed by atoms with Crippen LogP contribution in [-0.2, 0) is 20.9 Å². The summed E-state index contributed by atoms with van der Waals surface area (Å²) in [7, 11) is 0. The normalized spacial score (nSPS) is 17.0. The van der Waals surface area contributed by atoms with Gasteiger partial charge < -0.3 is 19.5 Å². The van der Waals surface area contributed by atoms with Gasteiger partial charge in [-0.15, -0.1) is 0 Å². The number of hydrogen-bond donors (Lipinski definition) is 1. The number of allylic oxidation sites excluding steroid dienone is 3. The zero-order valence-corrected chi connectivity index (χ0v) is 21.4. The van der Waals surface area contributed by atoms with Gasteiger partial charge in [0.1, 0.15) is 31.3 Å². The maximum absolute atomic E-state index is 13.4. The molecule has 1 aliphatic carbocycles. The van der Waals surface area contributed by atoms with Crippen molar-refractivity contribution >= 4 is 11.8 Å². The molecule has 1 heterocycles. The van der Waals surface area contributed by atoms with Crippen molar-refractivity contribution in [3.05, 3.63) is 119 Å². The number of benzene rings is 3. The summed E-state index contributed by atoms with van der Waals surface area (Å²) in [5, 5.41) is 3.33. The van der Waals surface area contributed by atoms with Crippen molar-refractivity contribution in [1.29, 1.82) is 0 Å². The fraction of sp³-hybridized carbons (Fsp3) is 0.250. The van der Waals surface area contributed by atoms with Gasteiger partial charge in [0.2, 0.25) is 0 Å². The number of rotatable bonds is 9. The number of esters is 1. The van der Waals surface area contributed by atoms with Crippen LogP contribution >= 0.6 is 0 Å². The van der Waals surface area contributed by atoms with Crippen molar-refractivity contribution in [2.24, 2.45) is 0 Å². The maximum Gasteiger partial charge on any atom is 0.336 e. The second kappa shape index (κ2) is 11.8. The number of para-hydroxylation sites is 1. The Kier molecular flexibility index (Phi) is 7.88. The quantitative estimate of drug-likeness (QED) is 0.288. The van der Waals surface area contributed by atoms with Crippen LogP contribution in [0.3, 0.4) is 0 Å². The molecule has 6 nitrogen and oxygen atoms in total. The van der Waals surface area contributed by atoms with Gasteiger partial charge in [0, 0.05) is 29.3 Å². The molecule has 0 saturated carbocycles. The molecule has 194 valence electrons. The molecular formula is C32H31NO5. The number of carbonyl (C=O) groups is 2. The smallest absolute Gasteiger partial charge is 0.336 e. The molecule has 0 aromatic heterocycles. The van der Waals surface area contributed by atoms with E-state index in [0.29, 0.717) is 41.4 Å². The molecule has 1 N–H and O–H groups in total. The van der Waals surface area contributed by atoms with Gasteiger partial charge in [-0.25, -0.2) is 4.79 Å². The number of Topliss-reactive ketones (excluding diaryl/α,β-unsaturated/α-hetero) is 1. The number of ketones is 1. The Morgan fingerprint density at radius 1 is 0.868 bits per heavy atom. The molecule has 1 atom stereocenters. The Balaban J connectivity index is 1.37. The number of ether oxygens (including phenoxy) is 3. The number of hydrogen-bond acceptors (Lipinski definition) is 6. The lowest BCUT2D eigenvalue weighted by atomic mass is 9.75. The third-order valence-corrected chi connectivity index (χ3v) is 6.76. The number of dihydropyridines is 1. The monoisotopic (exact) mass is 509 g/mol. The molecule has 0 saturated heterocycles. The van der Waals surface area contributed by atoms with E-state index < -0.39 is 11.9 Å². The zero-order chi connectivity index (χ0) is 26.3. The SMILES string of the molecule is CC1=C(C(=O)OCCOc2ccccc2)[C@H](c2cccc(OCc3ccccc3)c2)C2=C(CCCC2=O)N1. The van der Waals surface area contributed by atoms with E-state index in [4.69, 9.17) is 14.2 Å². The average molecular weight is 510 g/mol. The van der Waals surface area contributed by atoms with E-state index in [-0.39, 0.29) is 19.0 Å². The maximum atomic E-state index is 13.4. The molecule has 3 aromatic rings. The lowest BCUT2D eigenvalue weighted by Crippen LogP contribution is -2.34. The zero-order valence-electron chi connectivity index (χ0n) is 21.4. The van der Waals surface area contributed by atoms with Crippen LogP contribution in [0.4, 0.5) is 0 Å². The molecule has 2 aliphatic rings. The number of nitrogens with one attached hydrogen (secondary N) is 1.